The summed E-state index contributed by atoms with van der Waals surface area (Å²) in [6, 6.07) is 0.232. The molecule has 0 saturated heterocycles. The van der Waals surface area contributed by atoms with E-state index in [9.17, 15) is 35.4 Å². The molecule has 19 heavy (non-hydrogen) atoms. The van der Waals surface area contributed by atoms with Gasteiger partial charge < -0.3 is 10.2 Å². The van der Waals surface area contributed by atoms with E-state index in [4.69, 9.17) is 5.11 Å². The van der Waals surface area contributed by atoms with E-state index in [1.54, 1.807) is 0 Å². The predicted molar refractivity (Wildman–Crippen MR) is 55.5 cm³/mol. The van der Waals surface area contributed by atoms with Crippen molar-refractivity contribution in [2.75, 3.05) is 0 Å². The van der Waals surface area contributed by atoms with Crippen molar-refractivity contribution < 1.29 is 42.1 Å². The molecule has 0 spiro atoms. The van der Waals surface area contributed by atoms with E-state index in [-0.39, 0.29) is 50.4 Å². The molecule has 105 valence electrons. The van der Waals surface area contributed by atoms with Crippen molar-refractivity contribution in [2.45, 2.75) is 0 Å². The molecule has 0 unspecified atom stereocenters. The van der Waals surface area contributed by atoms with Gasteiger partial charge in [-0.15, -0.1) is 0 Å². The Labute approximate surface area is 134 Å². The fourth-order valence-electron chi connectivity index (χ4n) is 1.12. The fourth-order valence-corrected chi connectivity index (χ4v) is 1.12. The molecule has 0 bridgehead atoms. The summed E-state index contributed by atoms with van der Waals surface area (Å²) in [5.41, 5.74) is -4.04. The zero-order valence-corrected chi connectivity index (χ0v) is 13.4. The zero-order chi connectivity index (χ0) is 13.3. The molecule has 0 aromatic heterocycles. The topological polar surface area (TPSA) is 170 Å². The van der Waals surface area contributed by atoms with Crippen LogP contribution in [0.15, 0.2) is 6.07 Å². The number of phenolic OH excluding ortho intramolecular Hbond substituents is 2. The third kappa shape index (κ3) is 3.71. The van der Waals surface area contributed by atoms with Crippen LogP contribution in [-0.4, -0.2) is 52.3 Å². The molecule has 1 aromatic rings. The molecule has 0 aliphatic rings. The first-order chi connectivity index (χ1) is 7.77. The first-order valence-corrected chi connectivity index (χ1v) is 3.79. The predicted octanol–water partition coefficient (Wildman–Crippen LogP) is 0.439. The second kappa shape index (κ2) is 7.15. The molecule has 1 aromatic carbocycles. The van der Waals surface area contributed by atoms with Crippen LogP contribution in [0.1, 0.15) is 0 Å². The molecule has 11 nitrogen and oxygen atoms in total. The molecular weight excluding hydrogens is 513 g/mol. The Hall–Kier alpha value is -1.54. The van der Waals surface area contributed by atoms with E-state index < -0.39 is 43.3 Å². The summed E-state index contributed by atoms with van der Waals surface area (Å²) in [4.78, 5) is 27.4. The number of nitrogens with zero attached hydrogens (tertiary/aromatic N) is 3. The SMILES string of the molecule is O=[N+]([O-])c1cc(O)c([N+](=O)[O-])c(O)c1[N+](=O)[O-].[Cu].[Pb]. The number of phenols is 2. The van der Waals surface area contributed by atoms with Crippen LogP contribution in [0.4, 0.5) is 17.1 Å². The van der Waals surface area contributed by atoms with Crippen LogP contribution in [-0.2, 0) is 17.1 Å². The van der Waals surface area contributed by atoms with Gasteiger partial charge in [0.15, 0.2) is 0 Å². The van der Waals surface area contributed by atoms with Gasteiger partial charge in [-0.2, -0.15) is 0 Å². The number of hydrogen-bond acceptors (Lipinski definition) is 8. The summed E-state index contributed by atoms with van der Waals surface area (Å²) in [5, 5.41) is 49.5. The van der Waals surface area contributed by atoms with E-state index in [1.807, 2.05) is 0 Å². The normalized spacial score (nSPS) is 8.84. The summed E-state index contributed by atoms with van der Waals surface area (Å²) >= 11 is 0. The van der Waals surface area contributed by atoms with Crippen molar-refractivity contribution in [3.05, 3.63) is 36.4 Å². The van der Waals surface area contributed by atoms with Crippen molar-refractivity contribution in [2.24, 2.45) is 0 Å². The van der Waals surface area contributed by atoms with E-state index in [0.717, 1.165) is 0 Å². The second-order valence-electron chi connectivity index (χ2n) is 2.73. The van der Waals surface area contributed by atoms with Gasteiger partial charge in [0.2, 0.25) is 5.75 Å². The maximum absolute atomic E-state index is 10.5. The Balaban J connectivity index is 0. The standard InChI is InChI=1S/C6H3N3O8.Cu.Pb/c10-3-1-2(7(12)13)4(8(14)15)6(11)5(3)9(16)17;;/h1,10-11H;;. The monoisotopic (exact) mass is 516 g/mol. The minimum atomic E-state index is -1.56. The summed E-state index contributed by atoms with van der Waals surface area (Å²) in [7, 11) is 0. The Bertz CT molecular complexity index is 550. The maximum atomic E-state index is 10.5. The molecule has 0 saturated carbocycles. The minimum Gasteiger partial charge on any atom is -0.502 e. The van der Waals surface area contributed by atoms with E-state index >= 15 is 0 Å². The van der Waals surface area contributed by atoms with Crippen LogP contribution in [0.2, 0.25) is 0 Å². The third-order valence-corrected chi connectivity index (χ3v) is 1.77. The van der Waals surface area contributed by atoms with Gasteiger partial charge in [0.1, 0.15) is 0 Å². The third-order valence-electron chi connectivity index (χ3n) is 1.77. The van der Waals surface area contributed by atoms with Crippen LogP contribution in [0.5, 0.6) is 11.5 Å². The molecule has 0 amide bonds. The summed E-state index contributed by atoms with van der Waals surface area (Å²) in [5.74, 6) is -2.79. The Morgan fingerprint density at radius 3 is 1.63 bits per heavy atom. The van der Waals surface area contributed by atoms with Gasteiger partial charge in [-0.25, -0.2) is 0 Å². The van der Waals surface area contributed by atoms with Gasteiger partial charge in [-0.3, -0.25) is 30.3 Å². The number of aromatic hydroxyl groups is 2. The number of hydrogen-bond donors (Lipinski definition) is 2. The van der Waals surface area contributed by atoms with Gasteiger partial charge in [-0.1, -0.05) is 0 Å². The van der Waals surface area contributed by atoms with Crippen LogP contribution >= 0.6 is 0 Å². The van der Waals surface area contributed by atoms with Crippen molar-refractivity contribution in [3.63, 3.8) is 0 Å². The molecule has 1 rings (SSSR count). The maximum Gasteiger partial charge on any atom is 0.394 e. The van der Waals surface area contributed by atoms with Crippen LogP contribution in [0, 0.1) is 30.3 Å². The molecule has 5 radical (unpaired) electrons. The molecule has 2 N–H and O–H groups in total. The second-order valence-corrected chi connectivity index (χ2v) is 2.73. The first kappa shape index (κ1) is 19.8. The molecule has 0 heterocycles. The minimum absolute atomic E-state index is 0. The van der Waals surface area contributed by atoms with Crippen molar-refractivity contribution in [3.8, 4) is 11.5 Å². The van der Waals surface area contributed by atoms with Crippen molar-refractivity contribution in [1.29, 1.82) is 0 Å². The average Bonchev–Trinajstić information content (AvgIpc) is 2.14. The van der Waals surface area contributed by atoms with Gasteiger partial charge in [0.05, 0.1) is 20.8 Å². The molecule has 13 heteroatoms. The Kier molecular flexibility index (Phi) is 7.45. The zero-order valence-electron chi connectivity index (χ0n) is 8.56. The first-order valence-electron chi connectivity index (χ1n) is 3.79. The smallest absolute Gasteiger partial charge is 0.394 e. The summed E-state index contributed by atoms with van der Waals surface area (Å²) < 4.78 is 0. The van der Waals surface area contributed by atoms with Crippen LogP contribution in [0.25, 0.3) is 0 Å². The molecule has 0 aliphatic carbocycles. The molecular formula is C6H3CuN3O8Pb. The number of nitro groups is 3. The van der Waals surface area contributed by atoms with Gasteiger partial charge in [0, 0.05) is 44.4 Å². The van der Waals surface area contributed by atoms with E-state index in [1.165, 1.54) is 0 Å². The quantitative estimate of drug-likeness (QED) is 0.332. The largest absolute Gasteiger partial charge is 0.502 e. The van der Waals surface area contributed by atoms with E-state index in [0.29, 0.717) is 0 Å². The van der Waals surface area contributed by atoms with Gasteiger partial charge >= 0.3 is 17.1 Å². The van der Waals surface area contributed by atoms with Crippen LogP contribution < -0.4 is 0 Å². The van der Waals surface area contributed by atoms with Crippen LogP contribution in [0.3, 0.4) is 0 Å². The number of benzene rings is 1. The van der Waals surface area contributed by atoms with Crippen molar-refractivity contribution in [1.82, 2.24) is 0 Å². The molecule has 0 atom stereocenters. The van der Waals surface area contributed by atoms with Gasteiger partial charge in [-0.05, 0) is 0 Å². The molecule has 0 aliphatic heterocycles. The fraction of sp³-hybridized carbons (Fsp3) is 0. The average molecular weight is 516 g/mol. The number of nitro benzene ring substituents is 3. The molecule has 0 fully saturated rings. The van der Waals surface area contributed by atoms with E-state index in [2.05, 4.69) is 0 Å². The number of rotatable bonds is 3. The van der Waals surface area contributed by atoms with Gasteiger partial charge in [0.25, 0.3) is 5.75 Å². The Morgan fingerprint density at radius 2 is 1.32 bits per heavy atom. The summed E-state index contributed by atoms with van der Waals surface area (Å²) in [6.45, 7) is 0. The summed E-state index contributed by atoms with van der Waals surface area (Å²) in [6.07, 6.45) is 0. The van der Waals surface area contributed by atoms with Crippen molar-refractivity contribution >= 4 is 44.4 Å². The Morgan fingerprint density at radius 1 is 0.895 bits per heavy atom.